The quantitative estimate of drug-likeness (QED) is 0.472. The number of carbonyl (C=O) groups excluding carboxylic acids is 1. The molecule has 1 aromatic rings. The highest BCUT2D eigenvalue weighted by molar-refractivity contribution is 5.81. The zero-order chi connectivity index (χ0) is 28.5. The number of carboxylic acid groups (broad SMARTS) is 2. The van der Waals surface area contributed by atoms with Crippen molar-refractivity contribution in [1.29, 1.82) is 0 Å². The molecular formula is C23H29F6N3O6. The van der Waals surface area contributed by atoms with Crippen molar-refractivity contribution in [3.05, 3.63) is 30.1 Å². The Kier molecular flexibility index (Phi) is 11.3. The molecule has 3 aliphatic rings. The fraction of sp³-hybridized carbons (Fsp3) is 0.652. The number of fused-ring (bicyclic) bond motifs is 1. The van der Waals surface area contributed by atoms with Crippen LogP contribution in [0.3, 0.4) is 0 Å². The summed E-state index contributed by atoms with van der Waals surface area (Å²) in [5, 5.41) is 17.3. The molecule has 15 heteroatoms. The first-order valence-electron chi connectivity index (χ1n) is 11.9. The molecule has 1 amide bonds. The van der Waals surface area contributed by atoms with Crippen LogP contribution in [0.2, 0.25) is 0 Å². The van der Waals surface area contributed by atoms with Crippen molar-refractivity contribution in [2.75, 3.05) is 19.6 Å². The maximum Gasteiger partial charge on any atom is 0.490 e. The zero-order valence-electron chi connectivity index (χ0n) is 20.2. The van der Waals surface area contributed by atoms with E-state index in [2.05, 4.69) is 15.2 Å². The van der Waals surface area contributed by atoms with Crippen LogP contribution in [-0.2, 0) is 25.5 Å². The molecule has 0 aromatic carbocycles. The molecule has 0 radical (unpaired) electrons. The van der Waals surface area contributed by atoms with Gasteiger partial charge < -0.3 is 20.3 Å². The number of nitrogens with one attached hydrogen (secondary N) is 1. The van der Waals surface area contributed by atoms with Crippen LogP contribution in [0, 0.1) is 5.92 Å². The summed E-state index contributed by atoms with van der Waals surface area (Å²) in [5.74, 6) is -4.90. The fourth-order valence-corrected chi connectivity index (χ4v) is 4.18. The fourth-order valence-electron chi connectivity index (χ4n) is 4.18. The third kappa shape index (κ3) is 10.1. The molecule has 2 aliphatic heterocycles. The van der Waals surface area contributed by atoms with Crippen molar-refractivity contribution < 1.29 is 55.7 Å². The van der Waals surface area contributed by atoms with Crippen LogP contribution in [0.25, 0.3) is 0 Å². The highest BCUT2D eigenvalue weighted by Gasteiger charge is 2.43. The number of pyridine rings is 1. The highest BCUT2D eigenvalue weighted by Crippen LogP contribution is 2.36. The summed E-state index contributed by atoms with van der Waals surface area (Å²) in [6, 6.07) is 6.65. The molecule has 214 valence electrons. The van der Waals surface area contributed by atoms with E-state index >= 15 is 0 Å². The van der Waals surface area contributed by atoms with E-state index in [1.54, 1.807) is 6.20 Å². The average Bonchev–Trinajstić information content (AvgIpc) is 3.22. The van der Waals surface area contributed by atoms with Gasteiger partial charge in [-0.3, -0.25) is 14.7 Å². The minimum atomic E-state index is -5.08. The van der Waals surface area contributed by atoms with Crippen LogP contribution in [0.5, 0.6) is 0 Å². The second-order valence-corrected chi connectivity index (χ2v) is 9.00. The topological polar surface area (TPSA) is 129 Å². The summed E-state index contributed by atoms with van der Waals surface area (Å²) < 4.78 is 69.6. The van der Waals surface area contributed by atoms with Crippen LogP contribution in [-0.4, -0.2) is 88.2 Å². The van der Waals surface area contributed by atoms with Gasteiger partial charge in [0.05, 0.1) is 6.10 Å². The third-order valence-electron chi connectivity index (χ3n) is 6.36. The van der Waals surface area contributed by atoms with E-state index in [4.69, 9.17) is 24.5 Å². The SMILES string of the molecule is O=C(NCCc1ccccn1)[C@H]1C[C@@H]2CCN(C3CCC3)C[C@@H]2O1.O=C(O)C(F)(F)F.O=C(O)C(F)(F)F. The Morgan fingerprint density at radius 3 is 2.11 bits per heavy atom. The first-order valence-corrected chi connectivity index (χ1v) is 11.9. The number of ether oxygens (including phenoxy) is 1. The third-order valence-corrected chi connectivity index (χ3v) is 6.36. The molecule has 1 aromatic heterocycles. The van der Waals surface area contributed by atoms with Gasteiger partial charge in [-0.15, -0.1) is 0 Å². The van der Waals surface area contributed by atoms with Crippen LogP contribution in [0.15, 0.2) is 24.4 Å². The van der Waals surface area contributed by atoms with E-state index in [1.807, 2.05) is 18.2 Å². The Bertz CT molecular complexity index is 902. The summed E-state index contributed by atoms with van der Waals surface area (Å²) in [7, 11) is 0. The molecule has 0 unspecified atom stereocenters. The number of likely N-dealkylation sites (tertiary alicyclic amines) is 1. The number of amides is 1. The van der Waals surface area contributed by atoms with Gasteiger partial charge in [-0.2, -0.15) is 26.3 Å². The Hall–Kier alpha value is -2.94. The van der Waals surface area contributed by atoms with E-state index < -0.39 is 24.3 Å². The molecule has 0 bridgehead atoms. The molecule has 9 nitrogen and oxygen atoms in total. The number of aromatic nitrogens is 1. The van der Waals surface area contributed by atoms with Gasteiger partial charge in [0.25, 0.3) is 0 Å². The van der Waals surface area contributed by atoms with Crippen molar-refractivity contribution in [2.24, 2.45) is 5.92 Å². The van der Waals surface area contributed by atoms with Gasteiger partial charge in [-0.25, -0.2) is 9.59 Å². The number of halogens is 6. The Morgan fingerprint density at radius 2 is 1.63 bits per heavy atom. The predicted molar refractivity (Wildman–Crippen MR) is 119 cm³/mol. The molecule has 4 rings (SSSR count). The molecular weight excluding hydrogens is 528 g/mol. The Balaban J connectivity index is 0.000000301. The molecule has 3 N–H and O–H groups in total. The second-order valence-electron chi connectivity index (χ2n) is 9.00. The lowest BCUT2D eigenvalue weighted by Gasteiger charge is -2.43. The Morgan fingerprint density at radius 1 is 1.03 bits per heavy atom. The number of carboxylic acids is 2. The monoisotopic (exact) mass is 557 g/mol. The lowest BCUT2D eigenvalue weighted by atomic mass is 9.86. The van der Waals surface area contributed by atoms with Crippen molar-refractivity contribution >= 4 is 17.8 Å². The van der Waals surface area contributed by atoms with Crippen LogP contribution >= 0.6 is 0 Å². The lowest BCUT2D eigenvalue weighted by molar-refractivity contribution is -0.193. The second kappa shape index (κ2) is 13.7. The first kappa shape index (κ1) is 31.3. The highest BCUT2D eigenvalue weighted by atomic mass is 19.4. The maximum absolute atomic E-state index is 12.4. The van der Waals surface area contributed by atoms with Crippen molar-refractivity contribution in [1.82, 2.24) is 15.2 Å². The molecule has 3 atom stereocenters. The van der Waals surface area contributed by atoms with E-state index in [9.17, 15) is 31.1 Å². The number of hydrogen-bond acceptors (Lipinski definition) is 6. The largest absolute Gasteiger partial charge is 0.490 e. The smallest absolute Gasteiger partial charge is 0.475 e. The first-order chi connectivity index (χ1) is 17.7. The number of carbonyl (C=O) groups is 3. The number of hydrogen-bond donors (Lipinski definition) is 3. The van der Waals surface area contributed by atoms with E-state index in [1.165, 1.54) is 32.2 Å². The number of rotatable bonds is 5. The predicted octanol–water partition coefficient (Wildman–Crippen LogP) is 3.04. The standard InChI is InChI=1S/C19H27N3O2.2C2HF3O2/c23-19(21-10-7-15-4-1-2-9-20-15)17-12-14-8-11-22(13-18(14)24-17)16-5-3-6-16;2*3-2(4,5)1(6)7/h1-2,4,9,14,16-18H,3,5-8,10-13H2,(H,21,23);2*(H,6,7)/t14-,17+,18-;;/m0../s1. The summed E-state index contributed by atoms with van der Waals surface area (Å²) in [6.45, 7) is 2.83. The van der Waals surface area contributed by atoms with Crippen LogP contribution in [0.4, 0.5) is 26.3 Å². The average molecular weight is 557 g/mol. The van der Waals surface area contributed by atoms with Gasteiger partial charge >= 0.3 is 24.3 Å². The van der Waals surface area contributed by atoms with Crippen molar-refractivity contribution in [3.8, 4) is 0 Å². The molecule has 3 fully saturated rings. The van der Waals surface area contributed by atoms with Crippen LogP contribution in [0.1, 0.15) is 37.8 Å². The van der Waals surface area contributed by atoms with E-state index in [-0.39, 0.29) is 18.1 Å². The van der Waals surface area contributed by atoms with Crippen molar-refractivity contribution in [3.63, 3.8) is 0 Å². The van der Waals surface area contributed by atoms with Crippen molar-refractivity contribution in [2.45, 2.75) is 69.1 Å². The molecule has 3 heterocycles. The number of alkyl halides is 6. The molecule has 1 saturated carbocycles. The normalized spacial score (nSPS) is 23.5. The molecule has 1 aliphatic carbocycles. The minimum Gasteiger partial charge on any atom is -0.475 e. The van der Waals surface area contributed by atoms with Crippen LogP contribution < -0.4 is 5.32 Å². The number of aliphatic carboxylic acids is 2. The summed E-state index contributed by atoms with van der Waals surface area (Å²) in [4.78, 5) is 37.1. The zero-order valence-corrected chi connectivity index (χ0v) is 20.2. The molecule has 2 saturated heterocycles. The summed E-state index contributed by atoms with van der Waals surface area (Å²) in [5.41, 5.74) is 1.01. The minimum absolute atomic E-state index is 0.0514. The molecule has 0 spiro atoms. The van der Waals surface area contributed by atoms with Gasteiger partial charge in [-0.05, 0) is 50.3 Å². The Labute approximate surface area is 214 Å². The number of nitrogens with zero attached hydrogens (tertiary/aromatic N) is 2. The van der Waals surface area contributed by atoms with E-state index in [0.717, 1.165) is 31.1 Å². The molecule has 38 heavy (non-hydrogen) atoms. The summed E-state index contributed by atoms with van der Waals surface area (Å²) in [6.07, 6.45) is -1.49. The van der Waals surface area contributed by atoms with Gasteiger partial charge in [0.1, 0.15) is 6.10 Å². The van der Waals surface area contributed by atoms with Gasteiger partial charge in [0.2, 0.25) is 5.91 Å². The van der Waals surface area contributed by atoms with E-state index in [0.29, 0.717) is 12.5 Å². The van der Waals surface area contributed by atoms with Gasteiger partial charge in [0, 0.05) is 37.4 Å². The lowest BCUT2D eigenvalue weighted by Crippen LogP contribution is -2.49. The van der Waals surface area contributed by atoms with Gasteiger partial charge in [-0.1, -0.05) is 12.5 Å². The summed E-state index contributed by atoms with van der Waals surface area (Å²) >= 11 is 0. The van der Waals surface area contributed by atoms with Gasteiger partial charge in [0.15, 0.2) is 0 Å². The maximum atomic E-state index is 12.4. The number of piperidine rings is 1.